The van der Waals surface area contributed by atoms with Crippen LogP contribution < -0.4 is 10.6 Å². The minimum absolute atomic E-state index is 0.0222. The second kappa shape index (κ2) is 9.23. The molecule has 3 N–H and O–H groups in total. The van der Waals surface area contributed by atoms with E-state index in [1.165, 1.54) is 4.88 Å². The smallest absolute Gasteiger partial charge is 0.315 e. The van der Waals surface area contributed by atoms with Crippen molar-refractivity contribution in [2.75, 3.05) is 18.6 Å². The molecule has 0 aliphatic rings. The highest BCUT2D eigenvalue weighted by molar-refractivity contribution is 7.98. The summed E-state index contributed by atoms with van der Waals surface area (Å²) in [7, 11) is 0. The third-order valence-electron chi connectivity index (χ3n) is 2.65. The summed E-state index contributed by atoms with van der Waals surface area (Å²) >= 11 is 3.36. The Labute approximate surface area is 123 Å². The van der Waals surface area contributed by atoms with Crippen molar-refractivity contribution in [3.05, 3.63) is 22.4 Å². The van der Waals surface area contributed by atoms with E-state index in [9.17, 15) is 4.79 Å². The number of hydrogen-bond acceptors (Lipinski definition) is 4. The normalized spacial score (nSPS) is 13.8. The highest BCUT2D eigenvalue weighted by Crippen LogP contribution is 2.10. The number of hydrogen-bond donors (Lipinski definition) is 3. The van der Waals surface area contributed by atoms with Gasteiger partial charge in [0.2, 0.25) is 0 Å². The first-order valence-electron chi connectivity index (χ1n) is 6.35. The van der Waals surface area contributed by atoms with E-state index in [1.807, 2.05) is 24.6 Å². The van der Waals surface area contributed by atoms with Gasteiger partial charge >= 0.3 is 6.03 Å². The van der Waals surface area contributed by atoms with E-state index in [4.69, 9.17) is 5.11 Å². The molecule has 6 heteroatoms. The first kappa shape index (κ1) is 16.3. The molecule has 0 spiro atoms. The Kier molecular flexibility index (Phi) is 7.93. The number of aliphatic hydroxyl groups is 1. The largest absolute Gasteiger partial charge is 0.396 e. The molecule has 19 heavy (non-hydrogen) atoms. The number of thioether (sulfide) groups is 1. The van der Waals surface area contributed by atoms with Crippen LogP contribution in [-0.2, 0) is 6.42 Å². The number of nitrogens with one attached hydrogen (secondary N) is 2. The van der Waals surface area contributed by atoms with Crippen LogP contribution in [0.5, 0.6) is 0 Å². The van der Waals surface area contributed by atoms with Crippen molar-refractivity contribution in [3.63, 3.8) is 0 Å². The Morgan fingerprint density at radius 2 is 2.32 bits per heavy atom. The molecule has 4 nitrogen and oxygen atoms in total. The maximum atomic E-state index is 11.8. The quantitative estimate of drug-likeness (QED) is 0.689. The van der Waals surface area contributed by atoms with E-state index in [-0.39, 0.29) is 24.7 Å². The van der Waals surface area contributed by atoms with E-state index in [0.29, 0.717) is 6.42 Å². The van der Waals surface area contributed by atoms with Crippen molar-refractivity contribution < 1.29 is 9.90 Å². The lowest BCUT2D eigenvalue weighted by atomic mass is 10.2. The summed E-state index contributed by atoms with van der Waals surface area (Å²) in [4.78, 5) is 13.1. The lowest BCUT2D eigenvalue weighted by Gasteiger charge is -2.19. The molecule has 1 aromatic heterocycles. The lowest BCUT2D eigenvalue weighted by molar-refractivity contribution is 0.228. The Bertz CT molecular complexity index is 352. The van der Waals surface area contributed by atoms with Gasteiger partial charge in [0.1, 0.15) is 0 Å². The molecule has 0 radical (unpaired) electrons. The fraction of sp³-hybridized carbons (Fsp3) is 0.615. The van der Waals surface area contributed by atoms with Gasteiger partial charge in [-0.15, -0.1) is 11.3 Å². The van der Waals surface area contributed by atoms with E-state index in [1.54, 1.807) is 23.1 Å². The molecule has 108 valence electrons. The van der Waals surface area contributed by atoms with Crippen LogP contribution in [0.15, 0.2) is 17.5 Å². The Balaban J connectivity index is 2.32. The molecule has 0 bridgehead atoms. The first-order valence-corrected chi connectivity index (χ1v) is 8.62. The number of amides is 2. The second-order valence-electron chi connectivity index (χ2n) is 4.47. The lowest BCUT2D eigenvalue weighted by Crippen LogP contribution is -2.47. The number of aliphatic hydroxyl groups excluding tert-OH is 1. The van der Waals surface area contributed by atoms with Crippen molar-refractivity contribution in [2.24, 2.45) is 0 Å². The average Bonchev–Trinajstić information content (AvgIpc) is 2.81. The standard InChI is InChI=1S/C13H22N2O2S2/c1-10(8-12-4-3-7-19-12)14-13(17)15-11(5-6-16)9-18-2/h3-4,7,10-11,16H,5-6,8-9H2,1-2H3,(H2,14,15,17). The fourth-order valence-corrected chi connectivity index (χ4v) is 3.27. The van der Waals surface area contributed by atoms with Gasteiger partial charge in [-0.2, -0.15) is 11.8 Å². The van der Waals surface area contributed by atoms with Crippen molar-refractivity contribution >= 4 is 29.1 Å². The predicted octanol–water partition coefficient (Wildman–Crippen LogP) is 2.09. The van der Waals surface area contributed by atoms with Crippen molar-refractivity contribution in [2.45, 2.75) is 31.8 Å². The number of carbonyl (C=O) groups is 1. The zero-order valence-corrected chi connectivity index (χ0v) is 13.0. The van der Waals surface area contributed by atoms with Crippen LogP contribution in [-0.4, -0.2) is 41.8 Å². The molecule has 0 saturated heterocycles. The maximum absolute atomic E-state index is 11.8. The van der Waals surface area contributed by atoms with Crippen molar-refractivity contribution in [1.82, 2.24) is 10.6 Å². The molecule has 2 atom stereocenters. The van der Waals surface area contributed by atoms with Gasteiger partial charge in [-0.3, -0.25) is 0 Å². The Hall–Kier alpha value is -0.720. The molecule has 0 fully saturated rings. The topological polar surface area (TPSA) is 61.4 Å². The van der Waals surface area contributed by atoms with Crippen LogP contribution in [0.25, 0.3) is 0 Å². The molecular weight excluding hydrogens is 280 g/mol. The summed E-state index contributed by atoms with van der Waals surface area (Å²) < 4.78 is 0. The number of rotatable bonds is 8. The van der Waals surface area contributed by atoms with Gasteiger partial charge in [0.25, 0.3) is 0 Å². The fourth-order valence-electron chi connectivity index (χ4n) is 1.79. The van der Waals surface area contributed by atoms with Gasteiger partial charge in [-0.05, 0) is 31.0 Å². The van der Waals surface area contributed by atoms with E-state index in [0.717, 1.165) is 12.2 Å². The highest BCUT2D eigenvalue weighted by Gasteiger charge is 2.13. The summed E-state index contributed by atoms with van der Waals surface area (Å²) in [5.41, 5.74) is 0. The number of urea groups is 1. The molecule has 1 rings (SSSR count). The van der Waals surface area contributed by atoms with Gasteiger partial charge in [0.05, 0.1) is 0 Å². The average molecular weight is 302 g/mol. The van der Waals surface area contributed by atoms with Gasteiger partial charge in [0.15, 0.2) is 0 Å². The zero-order chi connectivity index (χ0) is 14.1. The SMILES string of the molecule is CSCC(CCO)NC(=O)NC(C)Cc1cccs1. The van der Waals surface area contributed by atoms with Gasteiger partial charge in [0, 0.05) is 35.7 Å². The van der Waals surface area contributed by atoms with Crippen molar-refractivity contribution in [3.8, 4) is 0 Å². The monoisotopic (exact) mass is 302 g/mol. The summed E-state index contributed by atoms with van der Waals surface area (Å²) in [6.07, 6.45) is 3.43. The predicted molar refractivity (Wildman–Crippen MR) is 83.0 cm³/mol. The van der Waals surface area contributed by atoms with Gasteiger partial charge in [-0.25, -0.2) is 4.79 Å². The van der Waals surface area contributed by atoms with E-state index < -0.39 is 0 Å². The van der Waals surface area contributed by atoms with Crippen molar-refractivity contribution in [1.29, 1.82) is 0 Å². The minimum atomic E-state index is -0.156. The molecule has 1 aromatic rings. The van der Waals surface area contributed by atoms with E-state index in [2.05, 4.69) is 16.7 Å². The number of thiophene rings is 1. The molecule has 1 heterocycles. The minimum Gasteiger partial charge on any atom is -0.396 e. The van der Waals surface area contributed by atoms with Crippen LogP contribution in [0.1, 0.15) is 18.2 Å². The Morgan fingerprint density at radius 3 is 2.89 bits per heavy atom. The summed E-state index contributed by atoms with van der Waals surface area (Å²) in [5, 5.41) is 16.8. The number of carbonyl (C=O) groups excluding carboxylic acids is 1. The van der Waals surface area contributed by atoms with Crippen LogP contribution in [0.3, 0.4) is 0 Å². The molecule has 0 saturated carbocycles. The Morgan fingerprint density at radius 1 is 1.53 bits per heavy atom. The molecular formula is C13H22N2O2S2. The van der Waals surface area contributed by atoms with Crippen LogP contribution in [0.2, 0.25) is 0 Å². The molecule has 2 unspecified atom stereocenters. The molecule has 0 aliphatic carbocycles. The highest BCUT2D eigenvalue weighted by atomic mass is 32.2. The molecule has 0 aromatic carbocycles. The van der Waals surface area contributed by atoms with E-state index >= 15 is 0 Å². The third kappa shape index (κ3) is 6.84. The van der Waals surface area contributed by atoms with Crippen LogP contribution in [0.4, 0.5) is 4.79 Å². The third-order valence-corrected chi connectivity index (χ3v) is 4.28. The van der Waals surface area contributed by atoms with Gasteiger partial charge < -0.3 is 15.7 Å². The summed E-state index contributed by atoms with van der Waals surface area (Å²) in [6.45, 7) is 2.09. The van der Waals surface area contributed by atoms with Gasteiger partial charge in [-0.1, -0.05) is 6.07 Å². The molecule has 2 amide bonds. The first-order chi connectivity index (χ1) is 9.15. The van der Waals surface area contributed by atoms with Crippen LogP contribution in [0, 0.1) is 0 Å². The summed E-state index contributed by atoms with van der Waals surface area (Å²) in [6, 6.07) is 4.05. The molecule has 0 aliphatic heterocycles. The zero-order valence-electron chi connectivity index (χ0n) is 11.4. The second-order valence-corrected chi connectivity index (χ2v) is 6.41. The summed E-state index contributed by atoms with van der Waals surface area (Å²) in [5.74, 6) is 0.813. The maximum Gasteiger partial charge on any atom is 0.315 e. The van der Waals surface area contributed by atoms with Crippen LogP contribution >= 0.6 is 23.1 Å².